The lowest BCUT2D eigenvalue weighted by Crippen LogP contribution is -2.40. The van der Waals surface area contributed by atoms with Gasteiger partial charge in [0.05, 0.1) is 11.4 Å². The van der Waals surface area contributed by atoms with Crippen LogP contribution in [0.15, 0.2) is 29.2 Å². The van der Waals surface area contributed by atoms with Crippen LogP contribution in [0.1, 0.15) is 19.8 Å². The van der Waals surface area contributed by atoms with Gasteiger partial charge in [0.25, 0.3) is 0 Å². The maximum absolute atomic E-state index is 12.5. The van der Waals surface area contributed by atoms with Crippen molar-refractivity contribution in [2.75, 3.05) is 36.8 Å². The van der Waals surface area contributed by atoms with Crippen LogP contribution in [0.25, 0.3) is 0 Å². The summed E-state index contributed by atoms with van der Waals surface area (Å²) in [5.41, 5.74) is 6.77. The number of thioether (sulfide) groups is 1. The van der Waals surface area contributed by atoms with Gasteiger partial charge in [0.1, 0.15) is 0 Å². The third-order valence-electron chi connectivity index (χ3n) is 4.76. The monoisotopic (exact) mass is 369 g/mol. The largest absolute Gasteiger partial charge is 0.342 e. The molecule has 0 radical (unpaired) electrons. The molecule has 2 N–H and O–H groups in total. The van der Waals surface area contributed by atoms with E-state index in [1.807, 2.05) is 29.2 Å². The molecule has 0 spiro atoms. The van der Waals surface area contributed by atoms with Gasteiger partial charge in [0.15, 0.2) is 0 Å². The lowest BCUT2D eigenvalue weighted by molar-refractivity contribution is -0.130. The molecular formula is C17H24ClN3O2S. The fraction of sp³-hybridized carbons (Fsp3) is 0.529. The quantitative estimate of drug-likeness (QED) is 0.882. The Labute approximate surface area is 153 Å². The first-order valence-electron chi connectivity index (χ1n) is 8.02. The summed E-state index contributed by atoms with van der Waals surface area (Å²) >= 11 is 1.56. The summed E-state index contributed by atoms with van der Waals surface area (Å²) in [7, 11) is 0. The SMILES string of the molecule is CC1(CN)CCN(C(=O)CCN2C(=O)CSc3ccccc32)C1.Cl. The Balaban J connectivity index is 0.00000208. The molecule has 1 atom stereocenters. The standard InChI is InChI=1S/C17H23N3O2S.ClH/c1-17(11-18)7-9-19(12-17)15(21)6-8-20-13-4-2-3-5-14(13)23-10-16(20)22;/h2-5H,6-12,18H2,1H3;1H. The zero-order valence-corrected chi connectivity index (χ0v) is 15.5. The van der Waals surface area contributed by atoms with E-state index in [2.05, 4.69) is 6.92 Å². The fourth-order valence-corrected chi connectivity index (χ4v) is 4.10. The van der Waals surface area contributed by atoms with Crippen molar-refractivity contribution in [2.24, 2.45) is 11.1 Å². The van der Waals surface area contributed by atoms with Gasteiger partial charge in [0.2, 0.25) is 11.8 Å². The summed E-state index contributed by atoms with van der Waals surface area (Å²) < 4.78 is 0. The molecule has 24 heavy (non-hydrogen) atoms. The lowest BCUT2D eigenvalue weighted by atomic mass is 9.90. The summed E-state index contributed by atoms with van der Waals surface area (Å²) in [6.45, 7) is 4.68. The van der Waals surface area contributed by atoms with E-state index >= 15 is 0 Å². The predicted octanol–water partition coefficient (Wildman–Crippen LogP) is 2.13. The highest BCUT2D eigenvalue weighted by atomic mass is 35.5. The minimum atomic E-state index is 0. The Morgan fingerprint density at radius 2 is 2.12 bits per heavy atom. The first-order valence-corrected chi connectivity index (χ1v) is 9.01. The van der Waals surface area contributed by atoms with E-state index < -0.39 is 0 Å². The number of likely N-dealkylation sites (tertiary alicyclic amines) is 1. The third kappa shape index (κ3) is 3.87. The molecule has 1 aromatic rings. The molecule has 2 aliphatic rings. The summed E-state index contributed by atoms with van der Waals surface area (Å²) in [5.74, 6) is 0.639. The molecule has 5 nitrogen and oxygen atoms in total. The van der Waals surface area contributed by atoms with Crippen molar-refractivity contribution < 1.29 is 9.59 Å². The summed E-state index contributed by atoms with van der Waals surface area (Å²) in [6.07, 6.45) is 1.32. The van der Waals surface area contributed by atoms with E-state index in [1.165, 1.54) is 0 Å². The minimum absolute atomic E-state index is 0. The molecule has 0 saturated carbocycles. The van der Waals surface area contributed by atoms with Crippen LogP contribution < -0.4 is 10.6 Å². The maximum atomic E-state index is 12.5. The van der Waals surface area contributed by atoms with E-state index in [9.17, 15) is 9.59 Å². The number of rotatable bonds is 4. The van der Waals surface area contributed by atoms with Crippen LogP contribution in [-0.4, -0.2) is 48.6 Å². The summed E-state index contributed by atoms with van der Waals surface area (Å²) in [4.78, 5) is 29.4. The van der Waals surface area contributed by atoms with Gasteiger partial charge in [-0.15, -0.1) is 24.2 Å². The van der Waals surface area contributed by atoms with Gasteiger partial charge in [-0.05, 0) is 30.5 Å². The number of para-hydroxylation sites is 1. The summed E-state index contributed by atoms with van der Waals surface area (Å²) in [6, 6.07) is 7.88. The van der Waals surface area contributed by atoms with Crippen molar-refractivity contribution in [1.82, 2.24) is 4.90 Å². The number of nitrogens with zero attached hydrogens (tertiary/aromatic N) is 2. The van der Waals surface area contributed by atoms with E-state index in [0.29, 0.717) is 25.3 Å². The van der Waals surface area contributed by atoms with Crippen molar-refractivity contribution in [2.45, 2.75) is 24.7 Å². The molecule has 2 heterocycles. The predicted molar refractivity (Wildman–Crippen MR) is 99.7 cm³/mol. The Hall–Kier alpha value is -1.24. The second-order valence-corrected chi connectivity index (χ2v) is 7.65. The molecule has 3 rings (SSSR count). The van der Waals surface area contributed by atoms with E-state index in [-0.39, 0.29) is 29.6 Å². The molecule has 1 saturated heterocycles. The first-order chi connectivity index (χ1) is 11.0. The molecular weight excluding hydrogens is 346 g/mol. The molecule has 1 fully saturated rings. The zero-order chi connectivity index (χ0) is 16.4. The molecule has 7 heteroatoms. The third-order valence-corrected chi connectivity index (χ3v) is 5.81. The normalized spacial score (nSPS) is 23.0. The van der Waals surface area contributed by atoms with Gasteiger partial charge in [-0.1, -0.05) is 19.1 Å². The molecule has 2 amide bonds. The fourth-order valence-electron chi connectivity index (χ4n) is 3.17. The Kier molecular flexibility index (Phi) is 6.17. The van der Waals surface area contributed by atoms with Gasteiger partial charge in [-0.3, -0.25) is 9.59 Å². The van der Waals surface area contributed by atoms with Crippen LogP contribution in [0, 0.1) is 5.41 Å². The number of carbonyl (C=O) groups is 2. The van der Waals surface area contributed by atoms with Gasteiger partial charge in [-0.25, -0.2) is 0 Å². The van der Waals surface area contributed by atoms with Crippen LogP contribution >= 0.6 is 24.2 Å². The van der Waals surface area contributed by atoms with Crippen LogP contribution in [0.4, 0.5) is 5.69 Å². The number of hydrogen-bond acceptors (Lipinski definition) is 4. The molecule has 0 aliphatic carbocycles. The average Bonchev–Trinajstić information content (AvgIpc) is 2.97. The molecule has 2 aliphatic heterocycles. The first kappa shape index (κ1) is 19.1. The smallest absolute Gasteiger partial charge is 0.237 e. The second kappa shape index (κ2) is 7.76. The molecule has 132 valence electrons. The minimum Gasteiger partial charge on any atom is -0.342 e. The van der Waals surface area contributed by atoms with Crippen molar-refractivity contribution in [3.05, 3.63) is 24.3 Å². The number of anilines is 1. The number of carbonyl (C=O) groups excluding carboxylic acids is 2. The van der Waals surface area contributed by atoms with Crippen molar-refractivity contribution in [3.63, 3.8) is 0 Å². The number of halogens is 1. The lowest BCUT2D eigenvalue weighted by Gasteiger charge is -2.29. The van der Waals surface area contributed by atoms with Crippen molar-refractivity contribution in [3.8, 4) is 0 Å². The van der Waals surface area contributed by atoms with Crippen LogP contribution in [0.2, 0.25) is 0 Å². The Morgan fingerprint density at radius 1 is 1.38 bits per heavy atom. The summed E-state index contributed by atoms with van der Waals surface area (Å²) in [5, 5.41) is 0. The van der Waals surface area contributed by atoms with E-state index in [1.54, 1.807) is 16.7 Å². The number of benzene rings is 1. The van der Waals surface area contributed by atoms with E-state index in [0.717, 1.165) is 30.1 Å². The van der Waals surface area contributed by atoms with Gasteiger partial charge >= 0.3 is 0 Å². The van der Waals surface area contributed by atoms with Crippen molar-refractivity contribution >= 4 is 41.7 Å². The van der Waals surface area contributed by atoms with E-state index in [4.69, 9.17) is 5.73 Å². The van der Waals surface area contributed by atoms with Gasteiger partial charge in [-0.2, -0.15) is 0 Å². The topological polar surface area (TPSA) is 66.6 Å². The van der Waals surface area contributed by atoms with Crippen LogP contribution in [0.5, 0.6) is 0 Å². The highest BCUT2D eigenvalue weighted by molar-refractivity contribution is 8.00. The Bertz CT molecular complexity index is 628. The molecule has 0 aromatic heterocycles. The highest BCUT2D eigenvalue weighted by Gasteiger charge is 2.35. The Morgan fingerprint density at radius 3 is 2.83 bits per heavy atom. The van der Waals surface area contributed by atoms with Crippen LogP contribution in [-0.2, 0) is 9.59 Å². The number of nitrogens with two attached hydrogens (primary N) is 1. The highest BCUT2D eigenvalue weighted by Crippen LogP contribution is 2.35. The number of hydrogen-bond donors (Lipinski definition) is 1. The zero-order valence-electron chi connectivity index (χ0n) is 13.9. The van der Waals surface area contributed by atoms with Crippen molar-refractivity contribution in [1.29, 1.82) is 0 Å². The maximum Gasteiger partial charge on any atom is 0.237 e. The number of amides is 2. The van der Waals surface area contributed by atoms with Crippen LogP contribution in [0.3, 0.4) is 0 Å². The van der Waals surface area contributed by atoms with Gasteiger partial charge in [0, 0.05) is 31.0 Å². The number of fused-ring (bicyclic) bond motifs is 1. The second-order valence-electron chi connectivity index (χ2n) is 6.63. The molecule has 1 unspecified atom stereocenters. The molecule has 1 aromatic carbocycles. The van der Waals surface area contributed by atoms with Gasteiger partial charge < -0.3 is 15.5 Å². The average molecular weight is 370 g/mol. The molecule has 0 bridgehead atoms.